The van der Waals surface area contributed by atoms with Crippen molar-refractivity contribution in [1.82, 2.24) is 10.6 Å². The molecule has 1 aliphatic heterocycles. The average molecular weight is 268 g/mol. The van der Waals surface area contributed by atoms with Gasteiger partial charge in [0.1, 0.15) is 0 Å². The van der Waals surface area contributed by atoms with E-state index in [1.807, 2.05) is 0 Å². The predicted molar refractivity (Wildman–Crippen MR) is 71.8 cm³/mol. The van der Waals surface area contributed by atoms with Gasteiger partial charge < -0.3 is 15.7 Å². The number of hydrogen-bond donors (Lipinski definition) is 3. The highest BCUT2D eigenvalue weighted by molar-refractivity contribution is 5.87. The number of rotatable bonds is 6. The highest BCUT2D eigenvalue weighted by atomic mass is 16.4. The summed E-state index contributed by atoms with van der Waals surface area (Å²) in [6.07, 6.45) is 5.93. The first kappa shape index (κ1) is 14.3. The number of hydrogen-bond acceptors (Lipinski definition) is 3. The highest BCUT2D eigenvalue weighted by Gasteiger charge is 2.46. The van der Waals surface area contributed by atoms with Crippen LogP contribution in [0.4, 0.5) is 0 Å². The third-order valence-electron chi connectivity index (χ3n) is 4.71. The number of carboxylic acids is 1. The molecule has 0 aromatic carbocycles. The number of nitrogens with one attached hydrogen (secondary N) is 2. The smallest absolute Gasteiger partial charge is 0.311 e. The van der Waals surface area contributed by atoms with E-state index in [1.165, 1.54) is 0 Å². The van der Waals surface area contributed by atoms with Crippen LogP contribution in [0.15, 0.2) is 0 Å². The van der Waals surface area contributed by atoms with Crippen molar-refractivity contribution in [2.45, 2.75) is 57.4 Å². The van der Waals surface area contributed by atoms with Crippen LogP contribution in [0, 0.1) is 5.41 Å². The first-order chi connectivity index (χ1) is 9.05. The summed E-state index contributed by atoms with van der Waals surface area (Å²) in [5, 5.41) is 15.5. The quantitative estimate of drug-likeness (QED) is 0.678. The van der Waals surface area contributed by atoms with Crippen molar-refractivity contribution in [2.24, 2.45) is 5.41 Å². The summed E-state index contributed by atoms with van der Waals surface area (Å²) in [5.41, 5.74) is -1.17. The van der Waals surface area contributed by atoms with E-state index >= 15 is 0 Å². The fraction of sp³-hybridized carbons (Fsp3) is 0.857. The Kier molecular flexibility index (Phi) is 4.13. The minimum atomic E-state index is -0.775. The van der Waals surface area contributed by atoms with Gasteiger partial charge in [-0.15, -0.1) is 0 Å². The Bertz CT molecular complexity index is 358. The molecule has 108 valence electrons. The molecule has 19 heavy (non-hydrogen) atoms. The van der Waals surface area contributed by atoms with Crippen LogP contribution >= 0.6 is 0 Å². The number of aliphatic carboxylic acids is 1. The standard InChI is InChI=1S/C14H24N2O3/c1-2-5-14(8-4-9-16-14)11(17)15-10-13(12(18)19)6-3-7-13/h16H,2-10H2,1H3,(H,15,17)(H,18,19). The first-order valence-corrected chi connectivity index (χ1v) is 7.31. The van der Waals surface area contributed by atoms with Crippen molar-refractivity contribution < 1.29 is 14.7 Å². The monoisotopic (exact) mass is 268 g/mol. The normalized spacial score (nSPS) is 28.7. The summed E-state index contributed by atoms with van der Waals surface area (Å²) < 4.78 is 0. The molecule has 1 unspecified atom stereocenters. The maximum Gasteiger partial charge on any atom is 0.311 e. The zero-order valence-electron chi connectivity index (χ0n) is 11.6. The molecule has 2 aliphatic rings. The maximum absolute atomic E-state index is 12.4. The molecule has 2 rings (SSSR count). The maximum atomic E-state index is 12.4. The number of carboxylic acid groups (broad SMARTS) is 1. The van der Waals surface area contributed by atoms with Crippen LogP contribution in [0.3, 0.4) is 0 Å². The largest absolute Gasteiger partial charge is 0.481 e. The molecule has 0 radical (unpaired) electrons. The average Bonchev–Trinajstić information content (AvgIpc) is 2.77. The third-order valence-corrected chi connectivity index (χ3v) is 4.71. The van der Waals surface area contributed by atoms with Crippen LogP contribution in [-0.4, -0.2) is 35.6 Å². The summed E-state index contributed by atoms with van der Waals surface area (Å²) >= 11 is 0. The Labute approximate surface area is 114 Å². The summed E-state index contributed by atoms with van der Waals surface area (Å²) in [4.78, 5) is 23.7. The Morgan fingerprint density at radius 3 is 2.42 bits per heavy atom. The van der Waals surface area contributed by atoms with Gasteiger partial charge >= 0.3 is 5.97 Å². The SMILES string of the molecule is CCCC1(C(=O)NCC2(C(=O)O)CCC2)CCCN1. The van der Waals surface area contributed by atoms with Crippen molar-refractivity contribution in [3.05, 3.63) is 0 Å². The van der Waals surface area contributed by atoms with E-state index in [4.69, 9.17) is 0 Å². The van der Waals surface area contributed by atoms with E-state index in [0.29, 0.717) is 12.8 Å². The Hall–Kier alpha value is -1.10. The molecule has 5 heteroatoms. The first-order valence-electron chi connectivity index (χ1n) is 7.31. The van der Waals surface area contributed by atoms with Gasteiger partial charge in [0.05, 0.1) is 11.0 Å². The number of amides is 1. The van der Waals surface area contributed by atoms with Crippen LogP contribution in [0.1, 0.15) is 51.9 Å². The van der Waals surface area contributed by atoms with Gasteiger partial charge in [0.25, 0.3) is 0 Å². The van der Waals surface area contributed by atoms with Gasteiger partial charge in [-0.25, -0.2) is 0 Å². The van der Waals surface area contributed by atoms with Crippen molar-refractivity contribution >= 4 is 11.9 Å². The molecule has 3 N–H and O–H groups in total. The lowest BCUT2D eigenvalue weighted by molar-refractivity contribution is -0.154. The Morgan fingerprint density at radius 1 is 1.26 bits per heavy atom. The van der Waals surface area contributed by atoms with Gasteiger partial charge in [-0.2, -0.15) is 0 Å². The zero-order chi connectivity index (χ0) is 13.9. The number of carbonyl (C=O) groups excluding carboxylic acids is 1. The minimum Gasteiger partial charge on any atom is -0.481 e. The van der Waals surface area contributed by atoms with Gasteiger partial charge in [0, 0.05) is 6.54 Å². The van der Waals surface area contributed by atoms with Crippen LogP contribution in [0.25, 0.3) is 0 Å². The van der Waals surface area contributed by atoms with E-state index in [2.05, 4.69) is 17.6 Å². The molecule has 1 saturated heterocycles. The fourth-order valence-electron chi connectivity index (χ4n) is 3.24. The van der Waals surface area contributed by atoms with Crippen LogP contribution < -0.4 is 10.6 Å². The molecular weight excluding hydrogens is 244 g/mol. The molecule has 1 saturated carbocycles. The second-order valence-corrected chi connectivity index (χ2v) is 5.98. The zero-order valence-corrected chi connectivity index (χ0v) is 11.6. The predicted octanol–water partition coefficient (Wildman–Crippen LogP) is 1.28. The van der Waals surface area contributed by atoms with E-state index < -0.39 is 16.9 Å². The van der Waals surface area contributed by atoms with Crippen molar-refractivity contribution in [3.63, 3.8) is 0 Å². The second-order valence-electron chi connectivity index (χ2n) is 5.98. The van der Waals surface area contributed by atoms with Gasteiger partial charge in [-0.1, -0.05) is 19.8 Å². The lowest BCUT2D eigenvalue weighted by Gasteiger charge is -2.39. The summed E-state index contributed by atoms with van der Waals surface area (Å²) in [6, 6.07) is 0. The van der Waals surface area contributed by atoms with Gasteiger partial charge in [-0.3, -0.25) is 9.59 Å². The van der Waals surface area contributed by atoms with Crippen LogP contribution in [-0.2, 0) is 9.59 Å². The van der Waals surface area contributed by atoms with Crippen molar-refractivity contribution in [3.8, 4) is 0 Å². The molecule has 0 spiro atoms. The van der Waals surface area contributed by atoms with Crippen LogP contribution in [0.2, 0.25) is 0 Å². The molecular formula is C14H24N2O3. The Morgan fingerprint density at radius 2 is 2.00 bits per heavy atom. The summed E-state index contributed by atoms with van der Waals surface area (Å²) in [5.74, 6) is -0.789. The molecule has 1 amide bonds. The molecule has 1 heterocycles. The van der Waals surface area contributed by atoms with Crippen LogP contribution in [0.5, 0.6) is 0 Å². The molecule has 0 aromatic rings. The second kappa shape index (κ2) is 5.49. The summed E-state index contributed by atoms with van der Waals surface area (Å²) in [6.45, 7) is 3.21. The molecule has 0 bridgehead atoms. The van der Waals surface area contributed by atoms with E-state index in [9.17, 15) is 14.7 Å². The molecule has 1 aliphatic carbocycles. The van der Waals surface area contributed by atoms with E-state index in [0.717, 1.165) is 38.6 Å². The van der Waals surface area contributed by atoms with E-state index in [-0.39, 0.29) is 12.5 Å². The van der Waals surface area contributed by atoms with Gasteiger partial charge in [0.15, 0.2) is 0 Å². The molecule has 5 nitrogen and oxygen atoms in total. The van der Waals surface area contributed by atoms with Crippen molar-refractivity contribution in [2.75, 3.05) is 13.1 Å². The Balaban J connectivity index is 1.94. The van der Waals surface area contributed by atoms with Crippen molar-refractivity contribution in [1.29, 1.82) is 0 Å². The summed E-state index contributed by atoms with van der Waals surface area (Å²) in [7, 11) is 0. The minimum absolute atomic E-state index is 0.0145. The highest BCUT2D eigenvalue weighted by Crippen LogP contribution is 2.40. The van der Waals surface area contributed by atoms with Gasteiger partial charge in [-0.05, 0) is 38.6 Å². The molecule has 2 fully saturated rings. The number of carbonyl (C=O) groups is 2. The van der Waals surface area contributed by atoms with E-state index in [1.54, 1.807) is 0 Å². The topological polar surface area (TPSA) is 78.4 Å². The lowest BCUT2D eigenvalue weighted by atomic mass is 9.68. The fourth-order valence-corrected chi connectivity index (χ4v) is 3.24. The molecule has 0 aromatic heterocycles. The lowest BCUT2D eigenvalue weighted by Crippen LogP contribution is -2.57. The van der Waals surface area contributed by atoms with Gasteiger partial charge in [0.2, 0.25) is 5.91 Å². The molecule has 1 atom stereocenters. The third kappa shape index (κ3) is 2.61.